The Morgan fingerprint density at radius 1 is 1.33 bits per heavy atom. The van der Waals surface area contributed by atoms with Crippen LogP contribution >= 0.6 is 27.5 Å². The Morgan fingerprint density at radius 2 is 2.10 bits per heavy atom. The number of ether oxygens (including phenoxy) is 1. The van der Waals surface area contributed by atoms with Gasteiger partial charge in [0.05, 0.1) is 0 Å². The molecule has 2 aromatic rings. The molecule has 0 aliphatic rings. The Balaban J connectivity index is 2.13. The number of hydrogen-bond acceptors (Lipinski definition) is 3. The summed E-state index contributed by atoms with van der Waals surface area (Å²) in [5.41, 5.74) is 0.960. The van der Waals surface area contributed by atoms with Gasteiger partial charge in [-0.2, -0.15) is 0 Å². The second-order valence-electron chi connectivity index (χ2n) is 4.87. The summed E-state index contributed by atoms with van der Waals surface area (Å²) < 4.78 is 19.4. The Labute approximate surface area is 136 Å². The summed E-state index contributed by atoms with van der Waals surface area (Å²) in [6.07, 6.45) is 1.69. The first kappa shape index (κ1) is 16.2. The molecule has 0 saturated carbocycles. The number of pyridine rings is 1. The lowest BCUT2D eigenvalue weighted by atomic mass is 10.2. The minimum Gasteiger partial charge on any atom is -0.437 e. The maximum absolute atomic E-state index is 13.3. The van der Waals surface area contributed by atoms with Crippen LogP contribution in [0.3, 0.4) is 0 Å². The molecule has 1 aromatic heterocycles. The van der Waals surface area contributed by atoms with Crippen molar-refractivity contribution in [1.29, 1.82) is 0 Å². The van der Waals surface area contributed by atoms with Gasteiger partial charge in [-0.25, -0.2) is 9.37 Å². The highest BCUT2D eigenvalue weighted by Gasteiger charge is 2.08. The van der Waals surface area contributed by atoms with E-state index in [1.165, 1.54) is 12.1 Å². The molecule has 21 heavy (non-hydrogen) atoms. The largest absolute Gasteiger partial charge is 0.437 e. The molecule has 0 aliphatic carbocycles. The zero-order valence-electron chi connectivity index (χ0n) is 11.7. The summed E-state index contributed by atoms with van der Waals surface area (Å²) in [5, 5.41) is 3.67. The number of halogens is 3. The molecule has 1 heterocycles. The molecule has 0 aliphatic heterocycles. The number of nitrogens with zero attached hydrogens (tertiary/aromatic N) is 1. The Bertz CT molecular complexity index is 617. The van der Waals surface area contributed by atoms with Crippen molar-refractivity contribution in [2.75, 3.05) is 0 Å². The lowest BCUT2D eigenvalue weighted by Crippen LogP contribution is -2.21. The number of aromatic nitrogens is 1. The molecular formula is C15H15BrClFN2O. The number of hydrogen-bond donors (Lipinski definition) is 1. The van der Waals surface area contributed by atoms with E-state index in [1.54, 1.807) is 18.3 Å². The predicted molar refractivity (Wildman–Crippen MR) is 85.4 cm³/mol. The Morgan fingerprint density at radius 3 is 2.71 bits per heavy atom. The summed E-state index contributed by atoms with van der Waals surface area (Å²) in [5.74, 6) is 0.194. The normalized spacial score (nSPS) is 11.0. The molecule has 0 bridgehead atoms. The van der Waals surface area contributed by atoms with Crippen molar-refractivity contribution in [1.82, 2.24) is 10.3 Å². The van der Waals surface area contributed by atoms with E-state index in [-0.39, 0.29) is 5.88 Å². The van der Waals surface area contributed by atoms with Crippen molar-refractivity contribution in [3.63, 3.8) is 0 Å². The minimum absolute atomic E-state index is 0.252. The fourth-order valence-corrected chi connectivity index (χ4v) is 2.33. The summed E-state index contributed by atoms with van der Waals surface area (Å²) >= 11 is 9.36. The van der Waals surface area contributed by atoms with E-state index in [4.69, 9.17) is 16.3 Å². The molecule has 0 unspecified atom stereocenters. The summed E-state index contributed by atoms with van der Waals surface area (Å²) in [6, 6.07) is 6.44. The van der Waals surface area contributed by atoms with Gasteiger partial charge in [-0.1, -0.05) is 41.4 Å². The second kappa shape index (κ2) is 7.20. The quantitative estimate of drug-likeness (QED) is 0.807. The van der Waals surface area contributed by atoms with Crippen molar-refractivity contribution in [3.8, 4) is 11.6 Å². The lowest BCUT2D eigenvalue weighted by molar-refractivity contribution is 0.457. The average Bonchev–Trinajstić information content (AvgIpc) is 2.38. The van der Waals surface area contributed by atoms with Crippen molar-refractivity contribution in [2.45, 2.75) is 26.4 Å². The topological polar surface area (TPSA) is 34.2 Å². The minimum atomic E-state index is -0.395. The highest BCUT2D eigenvalue weighted by atomic mass is 79.9. The Hall–Kier alpha value is -1.17. The van der Waals surface area contributed by atoms with Gasteiger partial charge in [-0.15, -0.1) is 0 Å². The first-order valence-corrected chi connectivity index (χ1v) is 7.63. The maximum Gasteiger partial charge on any atom is 0.238 e. The van der Waals surface area contributed by atoms with Gasteiger partial charge in [-0.05, 0) is 23.8 Å². The first-order chi connectivity index (χ1) is 9.94. The monoisotopic (exact) mass is 372 g/mol. The molecule has 2 rings (SSSR count). The highest BCUT2D eigenvalue weighted by molar-refractivity contribution is 9.10. The number of nitrogens with one attached hydrogen (secondary N) is 1. The van der Waals surface area contributed by atoms with Gasteiger partial charge in [0.15, 0.2) is 0 Å². The van der Waals surface area contributed by atoms with E-state index >= 15 is 0 Å². The van der Waals surface area contributed by atoms with Crippen LogP contribution in [0.4, 0.5) is 4.39 Å². The van der Waals surface area contributed by atoms with Gasteiger partial charge in [0.1, 0.15) is 16.6 Å². The highest BCUT2D eigenvalue weighted by Crippen LogP contribution is 2.29. The molecular weight excluding hydrogens is 359 g/mol. The summed E-state index contributed by atoms with van der Waals surface area (Å²) in [6.45, 7) is 4.80. The van der Waals surface area contributed by atoms with Crippen LogP contribution in [0, 0.1) is 5.82 Å². The van der Waals surface area contributed by atoms with E-state index in [9.17, 15) is 4.39 Å². The zero-order chi connectivity index (χ0) is 15.4. The van der Waals surface area contributed by atoms with E-state index in [2.05, 4.69) is 40.1 Å². The van der Waals surface area contributed by atoms with Crippen molar-refractivity contribution < 1.29 is 9.13 Å². The van der Waals surface area contributed by atoms with Gasteiger partial charge in [0.25, 0.3) is 0 Å². The fourth-order valence-electron chi connectivity index (χ4n) is 1.66. The third-order valence-electron chi connectivity index (χ3n) is 2.63. The van der Waals surface area contributed by atoms with Crippen LogP contribution in [0.5, 0.6) is 11.6 Å². The van der Waals surface area contributed by atoms with Gasteiger partial charge in [-0.3, -0.25) is 0 Å². The van der Waals surface area contributed by atoms with Crippen LogP contribution in [0.1, 0.15) is 19.4 Å². The number of benzene rings is 1. The van der Waals surface area contributed by atoms with Crippen LogP contribution in [0.2, 0.25) is 5.02 Å². The van der Waals surface area contributed by atoms with Crippen LogP contribution < -0.4 is 10.1 Å². The van der Waals surface area contributed by atoms with E-state index in [0.717, 1.165) is 5.56 Å². The smallest absolute Gasteiger partial charge is 0.238 e. The van der Waals surface area contributed by atoms with Crippen LogP contribution in [-0.2, 0) is 6.54 Å². The third kappa shape index (κ3) is 4.95. The molecule has 112 valence electrons. The molecule has 3 nitrogen and oxygen atoms in total. The van der Waals surface area contributed by atoms with Crippen LogP contribution in [0.25, 0.3) is 0 Å². The molecule has 0 atom stereocenters. The molecule has 0 radical (unpaired) electrons. The molecule has 0 fully saturated rings. The molecule has 1 N–H and O–H groups in total. The predicted octanol–water partition coefficient (Wildman–Crippen LogP) is 4.93. The van der Waals surface area contributed by atoms with E-state index in [0.29, 0.717) is 27.8 Å². The lowest BCUT2D eigenvalue weighted by Gasteiger charge is -2.10. The molecule has 0 amide bonds. The standard InChI is InChI=1S/C15H15BrClFN2O/c1-9(2)19-7-10-3-14(17)15(20-8-10)21-13-5-11(16)4-12(18)6-13/h3-6,8-9,19H,7H2,1-2H3. The molecule has 1 aromatic carbocycles. The SMILES string of the molecule is CC(C)NCc1cnc(Oc2cc(F)cc(Br)c2)c(Cl)c1. The fraction of sp³-hybridized carbons (Fsp3) is 0.267. The number of rotatable bonds is 5. The van der Waals surface area contributed by atoms with Crippen molar-refractivity contribution in [2.24, 2.45) is 0 Å². The molecule has 0 saturated heterocycles. The van der Waals surface area contributed by atoms with E-state index in [1.807, 2.05) is 0 Å². The average molecular weight is 374 g/mol. The molecule has 0 spiro atoms. The third-order valence-corrected chi connectivity index (χ3v) is 3.36. The first-order valence-electron chi connectivity index (χ1n) is 6.46. The second-order valence-corrected chi connectivity index (χ2v) is 6.20. The van der Waals surface area contributed by atoms with Gasteiger partial charge >= 0.3 is 0 Å². The van der Waals surface area contributed by atoms with Crippen LogP contribution in [-0.4, -0.2) is 11.0 Å². The van der Waals surface area contributed by atoms with Crippen molar-refractivity contribution >= 4 is 27.5 Å². The van der Waals surface area contributed by atoms with Crippen LogP contribution in [0.15, 0.2) is 34.9 Å². The summed E-state index contributed by atoms with van der Waals surface area (Å²) in [7, 11) is 0. The van der Waals surface area contributed by atoms with Gasteiger partial charge in [0, 0.05) is 29.3 Å². The van der Waals surface area contributed by atoms with Gasteiger partial charge < -0.3 is 10.1 Å². The maximum atomic E-state index is 13.3. The zero-order valence-corrected chi connectivity index (χ0v) is 14.0. The summed E-state index contributed by atoms with van der Waals surface area (Å²) in [4.78, 5) is 4.18. The van der Waals surface area contributed by atoms with E-state index < -0.39 is 5.82 Å². The van der Waals surface area contributed by atoms with Crippen molar-refractivity contribution in [3.05, 3.63) is 51.3 Å². The Kier molecular flexibility index (Phi) is 5.56. The van der Waals surface area contributed by atoms with Gasteiger partial charge in [0.2, 0.25) is 5.88 Å². The molecule has 6 heteroatoms.